The molecule has 2 aromatic heterocycles. The van der Waals surface area contributed by atoms with Crippen LogP contribution in [0.25, 0.3) is 33.5 Å². The minimum Gasteiger partial charge on any atom is -0.506 e. The van der Waals surface area contributed by atoms with E-state index >= 15 is 0 Å². The average molecular weight is 506 g/mol. The Morgan fingerprint density at radius 2 is 2.08 bits per heavy atom. The second-order valence-corrected chi connectivity index (χ2v) is 10.1. The number of carbonyl (C=O) groups excluding carboxylic acids is 1. The summed E-state index contributed by atoms with van der Waals surface area (Å²) in [6.45, 7) is 0.270. The summed E-state index contributed by atoms with van der Waals surface area (Å²) < 4.78 is 17.5. The molecule has 1 aliphatic heterocycles. The molecule has 3 heterocycles. The predicted octanol–water partition coefficient (Wildman–Crippen LogP) is 3.91. The number of nitrogens with one attached hydrogen (secondary N) is 1. The maximum atomic E-state index is 13.3. The Hall–Kier alpha value is -4.08. The number of rotatable bonds is 7. The van der Waals surface area contributed by atoms with Crippen molar-refractivity contribution in [1.82, 2.24) is 24.3 Å². The van der Waals surface area contributed by atoms with E-state index < -0.39 is 18.8 Å². The molecular weight excluding hydrogens is 477 g/mol. The first-order chi connectivity index (χ1) is 17.8. The standard InChI is InChI=1S/C27H28FN5O4/c1-31-21-9-16-7-8-32(14-18(12-28)29-27(36)37)26(35)19(16)11-20(21)30-25(31)22-10-17-3-2-4-23(34)24(17)33(22)13-15-5-6-15/h2-4,9-11,15,18,29,34H,5-8,12-14H2,1H3,(H,36,37)/t18-/m1/s1. The lowest BCUT2D eigenvalue weighted by molar-refractivity contribution is 0.0714. The number of benzene rings is 2. The number of carboxylic acid groups (broad SMARTS) is 1. The third-order valence-electron chi connectivity index (χ3n) is 7.49. The van der Waals surface area contributed by atoms with E-state index in [9.17, 15) is 19.1 Å². The minimum absolute atomic E-state index is 0.0304. The van der Waals surface area contributed by atoms with Gasteiger partial charge in [0.2, 0.25) is 0 Å². The van der Waals surface area contributed by atoms with Crippen molar-refractivity contribution < 1.29 is 24.2 Å². The average Bonchev–Trinajstić information content (AvgIpc) is 3.54. The van der Waals surface area contributed by atoms with E-state index in [4.69, 9.17) is 10.1 Å². The zero-order valence-electron chi connectivity index (χ0n) is 20.4. The van der Waals surface area contributed by atoms with Crippen molar-refractivity contribution in [1.29, 1.82) is 0 Å². The van der Waals surface area contributed by atoms with Crippen LogP contribution in [-0.4, -0.2) is 67.0 Å². The van der Waals surface area contributed by atoms with Gasteiger partial charge in [0.25, 0.3) is 5.91 Å². The van der Waals surface area contributed by atoms with Crippen LogP contribution >= 0.6 is 0 Å². The smallest absolute Gasteiger partial charge is 0.405 e. The van der Waals surface area contributed by atoms with Crippen LogP contribution in [-0.2, 0) is 20.0 Å². The fraction of sp³-hybridized carbons (Fsp3) is 0.370. The molecule has 0 unspecified atom stereocenters. The van der Waals surface area contributed by atoms with Crippen molar-refractivity contribution in [3.63, 3.8) is 0 Å². The molecule has 1 saturated carbocycles. The first kappa shape index (κ1) is 23.3. The van der Waals surface area contributed by atoms with Gasteiger partial charge in [0.05, 0.1) is 28.3 Å². The van der Waals surface area contributed by atoms with Gasteiger partial charge in [-0.3, -0.25) is 4.79 Å². The number of para-hydroxylation sites is 1. The molecule has 0 saturated heterocycles. The van der Waals surface area contributed by atoms with Crippen LogP contribution in [0.1, 0.15) is 28.8 Å². The van der Waals surface area contributed by atoms with Crippen LogP contribution in [0.2, 0.25) is 0 Å². The Bertz CT molecular complexity index is 1550. The van der Waals surface area contributed by atoms with E-state index in [1.807, 2.05) is 29.8 Å². The maximum absolute atomic E-state index is 13.3. The van der Waals surface area contributed by atoms with E-state index in [-0.39, 0.29) is 18.2 Å². The SMILES string of the molecule is Cn1c(-c2cc3cccc(O)c3n2CC2CC2)nc2cc3c(cc21)CCN(C[C@@H](CF)NC(=O)O)C3=O. The monoisotopic (exact) mass is 505 g/mol. The molecule has 0 radical (unpaired) electrons. The molecule has 6 rings (SSSR count). The third kappa shape index (κ3) is 4.06. The Labute approximate surface area is 212 Å². The zero-order chi connectivity index (χ0) is 25.8. The minimum atomic E-state index is -1.32. The number of fused-ring (bicyclic) bond motifs is 3. The number of aryl methyl sites for hydroxylation is 1. The molecular formula is C27H28FN5O4. The van der Waals surface area contributed by atoms with Gasteiger partial charge >= 0.3 is 6.09 Å². The summed E-state index contributed by atoms with van der Waals surface area (Å²) in [7, 11) is 1.95. The molecule has 9 nitrogen and oxygen atoms in total. The number of nitrogens with zero attached hydrogens (tertiary/aromatic N) is 4. The third-order valence-corrected chi connectivity index (χ3v) is 7.49. The number of carbonyl (C=O) groups is 2. The molecule has 0 bridgehead atoms. The highest BCUT2D eigenvalue weighted by molar-refractivity contribution is 6.01. The molecule has 10 heteroatoms. The van der Waals surface area contributed by atoms with E-state index in [1.165, 1.54) is 17.7 Å². The molecule has 37 heavy (non-hydrogen) atoms. The van der Waals surface area contributed by atoms with Gasteiger partial charge in [-0.25, -0.2) is 14.2 Å². The van der Waals surface area contributed by atoms with E-state index in [1.54, 1.807) is 12.1 Å². The highest BCUT2D eigenvalue weighted by Gasteiger charge is 2.30. The summed E-state index contributed by atoms with van der Waals surface area (Å²) >= 11 is 0. The summed E-state index contributed by atoms with van der Waals surface area (Å²) in [5.74, 6) is 1.33. The van der Waals surface area contributed by atoms with Crippen molar-refractivity contribution in [2.75, 3.05) is 19.8 Å². The molecule has 3 N–H and O–H groups in total. The summed E-state index contributed by atoms with van der Waals surface area (Å²) in [5, 5.41) is 22.6. The number of phenolic OH excluding ortho intramolecular Hbond substituents is 1. The molecule has 1 fully saturated rings. The molecule has 192 valence electrons. The van der Waals surface area contributed by atoms with Crippen LogP contribution in [0, 0.1) is 5.92 Å². The Balaban J connectivity index is 1.40. The highest BCUT2D eigenvalue weighted by Crippen LogP contribution is 2.39. The van der Waals surface area contributed by atoms with Gasteiger partial charge < -0.3 is 29.6 Å². The number of amides is 2. The summed E-state index contributed by atoms with van der Waals surface area (Å²) in [4.78, 5) is 30.6. The first-order valence-electron chi connectivity index (χ1n) is 12.5. The fourth-order valence-corrected chi connectivity index (χ4v) is 5.43. The number of imidazole rings is 1. The van der Waals surface area contributed by atoms with E-state index in [0.717, 1.165) is 40.0 Å². The topological polar surface area (TPSA) is 113 Å². The maximum Gasteiger partial charge on any atom is 0.405 e. The number of aromatic nitrogens is 3. The summed E-state index contributed by atoms with van der Waals surface area (Å²) in [6, 6.07) is 10.4. The molecule has 0 spiro atoms. The lowest BCUT2D eigenvalue weighted by Crippen LogP contribution is -2.48. The lowest BCUT2D eigenvalue weighted by Gasteiger charge is -2.31. The lowest BCUT2D eigenvalue weighted by atomic mass is 9.97. The largest absolute Gasteiger partial charge is 0.506 e. The predicted molar refractivity (Wildman–Crippen MR) is 137 cm³/mol. The van der Waals surface area contributed by atoms with Gasteiger partial charge in [-0.15, -0.1) is 0 Å². The number of aromatic hydroxyl groups is 1. The molecule has 1 aliphatic carbocycles. The first-order valence-corrected chi connectivity index (χ1v) is 12.5. The Kier molecular flexibility index (Phi) is 5.54. The summed E-state index contributed by atoms with van der Waals surface area (Å²) in [5.41, 5.74) is 4.69. The van der Waals surface area contributed by atoms with Crippen molar-refractivity contribution in [3.05, 3.63) is 47.5 Å². The van der Waals surface area contributed by atoms with Gasteiger partial charge in [0.1, 0.15) is 12.4 Å². The molecule has 4 aromatic rings. The molecule has 2 aromatic carbocycles. The van der Waals surface area contributed by atoms with Gasteiger partial charge in [-0.1, -0.05) is 12.1 Å². The van der Waals surface area contributed by atoms with Gasteiger partial charge in [-0.05, 0) is 55.0 Å². The highest BCUT2D eigenvalue weighted by atomic mass is 19.1. The van der Waals surface area contributed by atoms with Crippen molar-refractivity contribution >= 4 is 33.9 Å². The van der Waals surface area contributed by atoms with Crippen molar-refractivity contribution in [2.45, 2.75) is 31.8 Å². The van der Waals surface area contributed by atoms with Crippen LogP contribution in [0.3, 0.4) is 0 Å². The molecule has 2 aliphatic rings. The Morgan fingerprint density at radius 3 is 2.81 bits per heavy atom. The van der Waals surface area contributed by atoms with Crippen LogP contribution in [0.15, 0.2) is 36.4 Å². The Morgan fingerprint density at radius 1 is 1.27 bits per heavy atom. The quantitative estimate of drug-likeness (QED) is 0.353. The second kappa shape index (κ2) is 8.79. The normalized spacial score (nSPS) is 16.4. The van der Waals surface area contributed by atoms with Crippen LogP contribution in [0.5, 0.6) is 5.75 Å². The second-order valence-electron chi connectivity index (χ2n) is 10.1. The van der Waals surface area contributed by atoms with Crippen LogP contribution < -0.4 is 5.32 Å². The van der Waals surface area contributed by atoms with E-state index in [0.29, 0.717) is 30.0 Å². The van der Waals surface area contributed by atoms with Crippen LogP contribution in [0.4, 0.5) is 9.18 Å². The van der Waals surface area contributed by atoms with Gasteiger partial charge in [0.15, 0.2) is 5.82 Å². The molecule has 2 amide bonds. The molecule has 1 atom stereocenters. The van der Waals surface area contributed by atoms with E-state index in [2.05, 4.69) is 16.0 Å². The number of hydrogen-bond acceptors (Lipinski definition) is 4. The van der Waals surface area contributed by atoms with Gasteiger partial charge in [0, 0.05) is 37.6 Å². The fourth-order valence-electron chi connectivity index (χ4n) is 5.43. The van der Waals surface area contributed by atoms with Crippen molar-refractivity contribution in [2.24, 2.45) is 13.0 Å². The summed E-state index contributed by atoms with van der Waals surface area (Å²) in [6.07, 6.45) is 1.61. The zero-order valence-corrected chi connectivity index (χ0v) is 20.4. The van der Waals surface area contributed by atoms with Crippen molar-refractivity contribution in [3.8, 4) is 17.3 Å². The number of alkyl halides is 1. The van der Waals surface area contributed by atoms with Gasteiger partial charge in [-0.2, -0.15) is 0 Å². The number of phenols is 1. The number of hydrogen-bond donors (Lipinski definition) is 3. The number of halogens is 1.